The highest BCUT2D eigenvalue weighted by molar-refractivity contribution is 5.98. The molecule has 4 aromatic rings. The summed E-state index contributed by atoms with van der Waals surface area (Å²) < 4.78 is 0. The Morgan fingerprint density at radius 1 is 1.06 bits per heavy atom. The number of nitrogens with zero attached hydrogens (tertiary/aromatic N) is 1. The third kappa shape index (κ3) is 3.96. The van der Waals surface area contributed by atoms with E-state index in [2.05, 4.69) is 15.3 Å². The molecular weight excluding hydrogens is 410 g/mol. The first-order valence-corrected chi connectivity index (χ1v) is 9.73. The van der Waals surface area contributed by atoms with Crippen molar-refractivity contribution in [3.8, 4) is 34.0 Å². The molecule has 9 nitrogen and oxygen atoms in total. The largest absolute Gasteiger partial charge is 0.507 e. The van der Waals surface area contributed by atoms with Gasteiger partial charge in [0.2, 0.25) is 5.91 Å². The summed E-state index contributed by atoms with van der Waals surface area (Å²) in [5.74, 6) is -0.262. The number of rotatable bonds is 6. The molecule has 8 N–H and O–H groups in total. The molecule has 0 aliphatic heterocycles. The second kappa shape index (κ2) is 8.40. The number of carbonyl (C=O) groups is 1. The molecule has 0 fully saturated rings. The van der Waals surface area contributed by atoms with Gasteiger partial charge in [0.15, 0.2) is 0 Å². The fraction of sp³-hybridized carbons (Fsp3) is 0.0870. The van der Waals surface area contributed by atoms with Gasteiger partial charge in [0.05, 0.1) is 16.6 Å². The summed E-state index contributed by atoms with van der Waals surface area (Å²) in [5, 5.41) is 40.4. The molecule has 9 heteroatoms. The topological polar surface area (TPSA) is 168 Å². The second-order valence-corrected chi connectivity index (χ2v) is 7.22. The minimum atomic E-state index is -0.612. The number of carbonyl (C=O) groups excluding carboxylic acids is 1. The van der Waals surface area contributed by atoms with Crippen LogP contribution in [0, 0.1) is 5.41 Å². The van der Waals surface area contributed by atoms with E-state index in [1.54, 1.807) is 48.5 Å². The second-order valence-electron chi connectivity index (χ2n) is 7.22. The first-order chi connectivity index (χ1) is 15.4. The molecule has 0 aliphatic rings. The van der Waals surface area contributed by atoms with Gasteiger partial charge < -0.3 is 31.4 Å². The number of fused-ring (bicyclic) bond motifs is 1. The average molecular weight is 431 g/mol. The number of H-pyrrole nitrogens is 1. The summed E-state index contributed by atoms with van der Waals surface area (Å²) in [6.45, 7) is -0.450. The van der Waals surface area contributed by atoms with Crippen LogP contribution in [0.4, 0.5) is 0 Å². The summed E-state index contributed by atoms with van der Waals surface area (Å²) in [7, 11) is 0. The van der Waals surface area contributed by atoms with E-state index in [1.807, 2.05) is 0 Å². The van der Waals surface area contributed by atoms with Crippen LogP contribution in [0.15, 0.2) is 54.6 Å². The normalized spacial score (nSPS) is 10.9. The molecule has 0 unspecified atom stereocenters. The molecule has 1 heterocycles. The Hall–Kier alpha value is -4.37. The first-order valence-electron chi connectivity index (χ1n) is 9.73. The summed E-state index contributed by atoms with van der Waals surface area (Å²) in [6.07, 6.45) is 0. The number of hydrogen-bond donors (Lipinski definition) is 7. The van der Waals surface area contributed by atoms with Crippen molar-refractivity contribution in [2.45, 2.75) is 6.54 Å². The molecule has 1 aromatic heterocycles. The van der Waals surface area contributed by atoms with Crippen LogP contribution in [0.1, 0.15) is 11.1 Å². The van der Waals surface area contributed by atoms with Crippen LogP contribution in [0.5, 0.6) is 11.5 Å². The van der Waals surface area contributed by atoms with Crippen molar-refractivity contribution in [1.82, 2.24) is 15.3 Å². The van der Waals surface area contributed by atoms with Gasteiger partial charge in [-0.3, -0.25) is 10.2 Å². The molecule has 4 rings (SSSR count). The van der Waals surface area contributed by atoms with Crippen molar-refractivity contribution in [2.24, 2.45) is 5.73 Å². The summed E-state index contributed by atoms with van der Waals surface area (Å²) in [5.41, 5.74) is 9.32. The highest BCUT2D eigenvalue weighted by Gasteiger charge is 2.17. The maximum Gasteiger partial charge on any atom is 0.245 e. The number of nitrogen functional groups attached to an aromatic ring is 1. The van der Waals surface area contributed by atoms with Crippen LogP contribution in [-0.2, 0) is 11.3 Å². The number of amides is 1. The van der Waals surface area contributed by atoms with Crippen molar-refractivity contribution in [2.75, 3.05) is 6.61 Å². The Morgan fingerprint density at radius 2 is 1.84 bits per heavy atom. The molecule has 0 radical (unpaired) electrons. The number of imidazole rings is 1. The average Bonchev–Trinajstić information content (AvgIpc) is 3.21. The smallest absolute Gasteiger partial charge is 0.245 e. The molecule has 0 atom stereocenters. The zero-order valence-corrected chi connectivity index (χ0v) is 16.9. The van der Waals surface area contributed by atoms with Gasteiger partial charge in [0, 0.05) is 23.2 Å². The number of aromatic hydroxyl groups is 2. The van der Waals surface area contributed by atoms with Gasteiger partial charge in [0.25, 0.3) is 0 Å². The number of aliphatic hydroxyl groups excluding tert-OH is 1. The number of benzene rings is 3. The number of aromatic amines is 1. The van der Waals surface area contributed by atoms with E-state index in [-0.39, 0.29) is 23.9 Å². The van der Waals surface area contributed by atoms with E-state index >= 15 is 0 Å². The number of hydrogen-bond acceptors (Lipinski definition) is 6. The van der Waals surface area contributed by atoms with Crippen molar-refractivity contribution in [3.63, 3.8) is 0 Å². The highest BCUT2D eigenvalue weighted by Crippen LogP contribution is 2.41. The number of phenols is 2. The van der Waals surface area contributed by atoms with Crippen LogP contribution >= 0.6 is 0 Å². The molecule has 0 saturated heterocycles. The lowest BCUT2D eigenvalue weighted by Crippen LogP contribution is -2.25. The standard InChI is InChI=1S/C23H21N5O4/c24-22(25)13-5-6-17-18(9-13)28-23(27-17)15-3-1-2-14(21(15)32)16-8-12(4-7-19(16)30)10-26-20(31)11-29/h1-9,29-30,32H,10-11H2,(H3,24,25)(H,26,31)(H,27,28). The fourth-order valence-corrected chi connectivity index (χ4v) is 3.42. The van der Waals surface area contributed by atoms with Gasteiger partial charge in [-0.25, -0.2) is 4.98 Å². The Bertz CT molecular complexity index is 1350. The molecule has 1 amide bonds. The highest BCUT2D eigenvalue weighted by atomic mass is 16.3. The van der Waals surface area contributed by atoms with Crippen LogP contribution < -0.4 is 11.1 Å². The quantitative estimate of drug-likeness (QED) is 0.182. The zero-order chi connectivity index (χ0) is 22.8. The van der Waals surface area contributed by atoms with E-state index in [1.165, 1.54) is 6.07 Å². The summed E-state index contributed by atoms with van der Waals surface area (Å²) in [4.78, 5) is 19.0. The summed E-state index contributed by atoms with van der Waals surface area (Å²) >= 11 is 0. The number of nitrogens with one attached hydrogen (secondary N) is 3. The Balaban J connectivity index is 1.74. The van der Waals surface area contributed by atoms with E-state index in [0.717, 1.165) is 0 Å². The third-order valence-electron chi connectivity index (χ3n) is 5.07. The predicted octanol–water partition coefficient (Wildman–Crippen LogP) is 2.20. The number of nitrogens with two attached hydrogens (primary N) is 1. The van der Waals surface area contributed by atoms with E-state index in [9.17, 15) is 15.0 Å². The van der Waals surface area contributed by atoms with Crippen molar-refractivity contribution >= 4 is 22.8 Å². The SMILES string of the molecule is N=C(N)c1ccc2nc(-c3cccc(-c4cc(CNC(=O)CO)ccc4O)c3O)[nH]c2c1. The van der Waals surface area contributed by atoms with Gasteiger partial charge in [0.1, 0.15) is 29.8 Å². The van der Waals surface area contributed by atoms with E-state index < -0.39 is 12.5 Å². The molecule has 32 heavy (non-hydrogen) atoms. The minimum absolute atomic E-state index is 0.0367. The van der Waals surface area contributed by atoms with Crippen LogP contribution in [0.2, 0.25) is 0 Å². The Labute approximate surface area is 182 Å². The lowest BCUT2D eigenvalue weighted by Gasteiger charge is -2.12. The molecule has 162 valence electrons. The number of aromatic nitrogens is 2. The van der Waals surface area contributed by atoms with Crippen LogP contribution in [0.3, 0.4) is 0 Å². The number of aliphatic hydroxyl groups is 1. The first kappa shape index (κ1) is 20.9. The Morgan fingerprint density at radius 3 is 2.59 bits per heavy atom. The number of para-hydroxylation sites is 1. The van der Waals surface area contributed by atoms with E-state index in [4.69, 9.17) is 16.2 Å². The van der Waals surface area contributed by atoms with E-state index in [0.29, 0.717) is 44.7 Å². The molecule has 0 bridgehead atoms. The van der Waals surface area contributed by atoms with Gasteiger partial charge in [-0.05, 0) is 42.0 Å². The minimum Gasteiger partial charge on any atom is -0.507 e. The van der Waals surface area contributed by atoms with Crippen LogP contribution in [-0.4, -0.2) is 43.6 Å². The molecule has 0 spiro atoms. The fourth-order valence-electron chi connectivity index (χ4n) is 3.42. The lowest BCUT2D eigenvalue weighted by molar-refractivity contribution is -0.123. The molecule has 3 aromatic carbocycles. The van der Waals surface area contributed by atoms with Crippen molar-refractivity contribution < 1.29 is 20.1 Å². The lowest BCUT2D eigenvalue weighted by atomic mass is 9.98. The molecule has 0 saturated carbocycles. The number of amidine groups is 1. The zero-order valence-electron chi connectivity index (χ0n) is 16.9. The van der Waals surface area contributed by atoms with Crippen molar-refractivity contribution in [1.29, 1.82) is 5.41 Å². The third-order valence-corrected chi connectivity index (χ3v) is 5.07. The van der Waals surface area contributed by atoms with Gasteiger partial charge in [-0.2, -0.15) is 0 Å². The van der Waals surface area contributed by atoms with Gasteiger partial charge >= 0.3 is 0 Å². The molecule has 0 aliphatic carbocycles. The predicted molar refractivity (Wildman–Crippen MR) is 120 cm³/mol. The summed E-state index contributed by atoms with van der Waals surface area (Å²) in [6, 6.07) is 15.0. The van der Waals surface area contributed by atoms with Gasteiger partial charge in [-0.15, -0.1) is 0 Å². The Kier molecular flexibility index (Phi) is 5.48. The number of phenolic OH excluding ortho intramolecular Hbond substituents is 2. The maximum absolute atomic E-state index is 11.3. The van der Waals surface area contributed by atoms with Crippen molar-refractivity contribution in [3.05, 3.63) is 65.7 Å². The monoisotopic (exact) mass is 431 g/mol. The maximum atomic E-state index is 11.3. The van der Waals surface area contributed by atoms with Crippen LogP contribution in [0.25, 0.3) is 33.5 Å². The van der Waals surface area contributed by atoms with Gasteiger partial charge in [-0.1, -0.05) is 18.2 Å². The molecular formula is C23H21N5O4.